The van der Waals surface area contributed by atoms with Gasteiger partial charge in [-0.2, -0.15) is 13.2 Å². The minimum absolute atomic E-state index is 0.0598. The topological polar surface area (TPSA) is 68.9 Å². The van der Waals surface area contributed by atoms with Crippen LogP contribution in [0.4, 0.5) is 13.2 Å². The minimum Gasteiger partial charge on any atom is -0.497 e. The third-order valence-corrected chi connectivity index (χ3v) is 5.26. The molecule has 2 heterocycles. The Morgan fingerprint density at radius 1 is 1.24 bits per heavy atom. The number of fused-ring (bicyclic) bond motifs is 1. The van der Waals surface area contributed by atoms with Crippen LogP contribution in [0.25, 0.3) is 5.65 Å². The molecule has 0 amide bonds. The van der Waals surface area contributed by atoms with Crippen LogP contribution in [0, 0.1) is 0 Å². The number of aliphatic hydroxyl groups is 1. The van der Waals surface area contributed by atoms with Crippen molar-refractivity contribution in [2.45, 2.75) is 24.0 Å². The van der Waals surface area contributed by atoms with Crippen molar-refractivity contribution in [3.05, 3.63) is 52.7 Å². The number of hydrogen-bond acceptors (Lipinski definition) is 6. The number of benzene rings is 1. The second kappa shape index (κ2) is 9.21. The molecule has 0 spiro atoms. The molecule has 0 aliphatic heterocycles. The van der Waals surface area contributed by atoms with Gasteiger partial charge in [0.2, 0.25) is 0 Å². The fraction of sp³-hybridized carbons (Fsp3) is 0.333. The van der Waals surface area contributed by atoms with E-state index in [9.17, 15) is 18.3 Å². The van der Waals surface area contributed by atoms with Crippen LogP contribution in [0.5, 0.6) is 5.75 Å². The van der Waals surface area contributed by atoms with Crippen LogP contribution in [0.3, 0.4) is 0 Å². The standard InChI is InChI=1S/C18H17ClF3N3O3S/c1-27-14-4-2-11(3-5-14)8-28-9-13(26)10-29-17-24-23-16-15(19)6-12(7-25(16)17)18(20,21)22/h2-7,13,26H,8-10H2,1H3/t13-/m1/s1. The molecule has 1 N–H and O–H groups in total. The second-order valence-electron chi connectivity index (χ2n) is 6.08. The lowest BCUT2D eigenvalue weighted by molar-refractivity contribution is -0.137. The number of aliphatic hydroxyl groups excluding tert-OH is 1. The summed E-state index contributed by atoms with van der Waals surface area (Å²) in [6.07, 6.45) is -4.50. The first-order chi connectivity index (χ1) is 13.8. The van der Waals surface area contributed by atoms with Gasteiger partial charge in [-0.1, -0.05) is 35.5 Å². The number of aromatic nitrogens is 3. The Balaban J connectivity index is 1.56. The van der Waals surface area contributed by atoms with Crippen molar-refractivity contribution in [1.29, 1.82) is 0 Å². The number of pyridine rings is 1. The number of ether oxygens (including phenoxy) is 2. The van der Waals surface area contributed by atoms with Gasteiger partial charge in [-0.25, -0.2) is 0 Å². The van der Waals surface area contributed by atoms with E-state index in [4.69, 9.17) is 21.1 Å². The van der Waals surface area contributed by atoms with E-state index < -0.39 is 17.8 Å². The van der Waals surface area contributed by atoms with E-state index in [0.29, 0.717) is 6.61 Å². The monoisotopic (exact) mass is 447 g/mol. The number of halogens is 4. The summed E-state index contributed by atoms with van der Waals surface area (Å²) in [7, 11) is 1.58. The lowest BCUT2D eigenvalue weighted by Gasteiger charge is -2.11. The van der Waals surface area contributed by atoms with Gasteiger partial charge < -0.3 is 14.6 Å². The molecule has 6 nitrogen and oxygen atoms in total. The number of thioether (sulfide) groups is 1. The first-order valence-corrected chi connectivity index (χ1v) is 9.77. The van der Waals surface area contributed by atoms with Gasteiger partial charge in [-0.3, -0.25) is 4.40 Å². The summed E-state index contributed by atoms with van der Waals surface area (Å²) >= 11 is 6.94. The molecule has 0 bridgehead atoms. The number of hydrogen-bond donors (Lipinski definition) is 1. The highest BCUT2D eigenvalue weighted by Gasteiger charge is 2.32. The van der Waals surface area contributed by atoms with Gasteiger partial charge in [-0.15, -0.1) is 10.2 Å². The van der Waals surface area contributed by atoms with Gasteiger partial charge >= 0.3 is 6.18 Å². The fourth-order valence-corrected chi connectivity index (χ4v) is 3.50. The van der Waals surface area contributed by atoms with Gasteiger partial charge in [0.05, 0.1) is 37.0 Å². The maximum atomic E-state index is 13.0. The van der Waals surface area contributed by atoms with Crippen LogP contribution in [0.2, 0.25) is 5.02 Å². The Bertz CT molecular complexity index is 967. The lowest BCUT2D eigenvalue weighted by atomic mass is 10.2. The Morgan fingerprint density at radius 3 is 2.62 bits per heavy atom. The molecule has 3 aromatic rings. The normalized spacial score (nSPS) is 13.0. The highest BCUT2D eigenvalue weighted by molar-refractivity contribution is 7.99. The molecule has 0 saturated carbocycles. The predicted molar refractivity (Wildman–Crippen MR) is 102 cm³/mol. The average molecular weight is 448 g/mol. The van der Waals surface area contributed by atoms with E-state index in [2.05, 4.69) is 10.2 Å². The highest BCUT2D eigenvalue weighted by atomic mass is 35.5. The lowest BCUT2D eigenvalue weighted by Crippen LogP contribution is -2.18. The number of alkyl halides is 3. The average Bonchev–Trinajstić information content (AvgIpc) is 3.10. The summed E-state index contributed by atoms with van der Waals surface area (Å²) in [6, 6.07) is 8.12. The molecule has 0 radical (unpaired) electrons. The summed E-state index contributed by atoms with van der Waals surface area (Å²) in [5, 5.41) is 17.8. The molecule has 0 aliphatic rings. The van der Waals surface area contributed by atoms with Crippen molar-refractivity contribution in [3.8, 4) is 5.75 Å². The van der Waals surface area contributed by atoms with Crippen molar-refractivity contribution in [2.75, 3.05) is 19.5 Å². The molecular formula is C18H17ClF3N3O3S. The summed E-state index contributed by atoms with van der Waals surface area (Å²) in [5.41, 5.74) is 0.135. The minimum atomic E-state index is -4.54. The van der Waals surface area contributed by atoms with Crippen LogP contribution < -0.4 is 4.74 Å². The number of rotatable bonds is 8. The van der Waals surface area contributed by atoms with Crippen molar-refractivity contribution in [3.63, 3.8) is 0 Å². The maximum Gasteiger partial charge on any atom is 0.417 e. The van der Waals surface area contributed by atoms with E-state index in [1.165, 1.54) is 4.40 Å². The number of nitrogens with zero attached hydrogens (tertiary/aromatic N) is 3. The zero-order valence-electron chi connectivity index (χ0n) is 15.2. The molecule has 156 valence electrons. The zero-order chi connectivity index (χ0) is 21.0. The smallest absolute Gasteiger partial charge is 0.417 e. The second-order valence-corrected chi connectivity index (χ2v) is 7.47. The van der Waals surface area contributed by atoms with Crippen molar-refractivity contribution < 1.29 is 27.8 Å². The van der Waals surface area contributed by atoms with E-state index in [1.54, 1.807) is 7.11 Å². The Hall–Kier alpha value is -2.01. The third-order valence-electron chi connectivity index (χ3n) is 3.90. The molecule has 3 rings (SSSR count). The van der Waals surface area contributed by atoms with Gasteiger partial charge in [0.15, 0.2) is 10.8 Å². The van der Waals surface area contributed by atoms with Crippen LogP contribution in [0.15, 0.2) is 41.7 Å². The van der Waals surface area contributed by atoms with E-state index in [-0.39, 0.29) is 28.2 Å². The van der Waals surface area contributed by atoms with E-state index in [0.717, 1.165) is 35.3 Å². The highest BCUT2D eigenvalue weighted by Crippen LogP contribution is 2.33. The van der Waals surface area contributed by atoms with Gasteiger partial charge in [0.1, 0.15) is 5.75 Å². The number of methoxy groups -OCH3 is 1. The first kappa shape index (κ1) is 21.7. The fourth-order valence-electron chi connectivity index (χ4n) is 2.44. The molecule has 29 heavy (non-hydrogen) atoms. The van der Waals surface area contributed by atoms with Crippen LogP contribution in [0.1, 0.15) is 11.1 Å². The van der Waals surface area contributed by atoms with Crippen molar-refractivity contribution in [1.82, 2.24) is 14.6 Å². The van der Waals surface area contributed by atoms with Gasteiger partial charge in [-0.05, 0) is 23.8 Å². The van der Waals surface area contributed by atoms with Crippen LogP contribution in [-0.4, -0.2) is 45.3 Å². The molecule has 11 heteroatoms. The van der Waals surface area contributed by atoms with E-state index in [1.807, 2.05) is 24.3 Å². The molecule has 0 fully saturated rings. The van der Waals surface area contributed by atoms with Crippen molar-refractivity contribution in [2.24, 2.45) is 0 Å². The van der Waals surface area contributed by atoms with Gasteiger partial charge in [0.25, 0.3) is 0 Å². The maximum absolute atomic E-state index is 13.0. The van der Waals surface area contributed by atoms with Crippen LogP contribution in [-0.2, 0) is 17.5 Å². The van der Waals surface area contributed by atoms with Gasteiger partial charge in [0, 0.05) is 11.9 Å². The molecule has 1 atom stereocenters. The summed E-state index contributed by atoms with van der Waals surface area (Å²) in [6.45, 7) is 0.370. The zero-order valence-corrected chi connectivity index (χ0v) is 16.8. The largest absolute Gasteiger partial charge is 0.497 e. The summed E-state index contributed by atoms with van der Waals surface area (Å²) < 4.78 is 50.7. The quantitative estimate of drug-likeness (QED) is 0.525. The summed E-state index contributed by atoms with van der Waals surface area (Å²) in [5.74, 6) is 0.900. The Kier molecular flexibility index (Phi) is 6.89. The molecule has 1 aromatic carbocycles. The first-order valence-electron chi connectivity index (χ1n) is 8.41. The van der Waals surface area contributed by atoms with E-state index >= 15 is 0 Å². The predicted octanol–water partition coefficient (Wildman–Crippen LogP) is 4.08. The van der Waals surface area contributed by atoms with Crippen LogP contribution >= 0.6 is 23.4 Å². The summed E-state index contributed by atoms with van der Waals surface area (Å²) in [4.78, 5) is 0. The Morgan fingerprint density at radius 2 is 1.97 bits per heavy atom. The molecule has 0 aliphatic carbocycles. The third kappa shape index (κ3) is 5.53. The molecule has 2 aromatic heterocycles. The molecule has 0 saturated heterocycles. The molecule has 0 unspecified atom stereocenters. The Labute approximate surface area is 173 Å². The van der Waals surface area contributed by atoms with Crippen molar-refractivity contribution >= 4 is 29.0 Å². The SMILES string of the molecule is COc1ccc(COC[C@@H](O)CSc2nnc3c(Cl)cc(C(F)(F)F)cn23)cc1. The molecular weight excluding hydrogens is 431 g/mol.